The number of carboxylic acid groups (broad SMARTS) is 2. The zero-order valence-corrected chi connectivity index (χ0v) is 15.6. The maximum Gasteiger partial charge on any atom is 0.335 e. The number of thiazole rings is 1. The minimum Gasteiger partial charge on any atom is -0.481 e. The fourth-order valence-corrected chi connectivity index (χ4v) is 3.67. The zero-order chi connectivity index (χ0) is 19.6. The predicted octanol–water partition coefficient (Wildman–Crippen LogP) is 4.50. The normalized spacial score (nSPS) is 10.6. The van der Waals surface area contributed by atoms with Crippen LogP contribution in [-0.2, 0) is 11.2 Å². The van der Waals surface area contributed by atoms with E-state index in [-0.39, 0.29) is 12.0 Å². The molecule has 0 aliphatic rings. The number of nitrogens with one attached hydrogen (secondary N) is 1. The molecule has 0 fully saturated rings. The number of carboxylic acids is 2. The summed E-state index contributed by atoms with van der Waals surface area (Å²) in [6, 6.07) is 12.3. The van der Waals surface area contributed by atoms with Crippen LogP contribution in [0, 0.1) is 13.8 Å². The molecular formula is C20H18N2O4S. The van der Waals surface area contributed by atoms with E-state index in [2.05, 4.69) is 10.3 Å². The first-order valence-corrected chi connectivity index (χ1v) is 9.04. The molecule has 0 aliphatic carbocycles. The number of anilines is 2. The van der Waals surface area contributed by atoms with Crippen LogP contribution in [0.5, 0.6) is 0 Å². The van der Waals surface area contributed by atoms with E-state index in [1.807, 2.05) is 32.0 Å². The molecule has 27 heavy (non-hydrogen) atoms. The first-order chi connectivity index (χ1) is 12.8. The molecule has 2 aromatic carbocycles. The van der Waals surface area contributed by atoms with Crippen LogP contribution in [0.1, 0.15) is 26.4 Å². The average Bonchev–Trinajstić information content (AvgIpc) is 2.98. The largest absolute Gasteiger partial charge is 0.481 e. The summed E-state index contributed by atoms with van der Waals surface area (Å²) in [5.41, 5.74) is 4.55. The lowest BCUT2D eigenvalue weighted by Crippen LogP contribution is -2.00. The van der Waals surface area contributed by atoms with E-state index in [1.165, 1.54) is 23.5 Å². The van der Waals surface area contributed by atoms with E-state index in [0.29, 0.717) is 21.4 Å². The van der Waals surface area contributed by atoms with Crippen LogP contribution in [0.4, 0.5) is 10.8 Å². The molecule has 0 amide bonds. The fourth-order valence-electron chi connectivity index (χ4n) is 2.68. The van der Waals surface area contributed by atoms with Gasteiger partial charge in [0.1, 0.15) is 0 Å². The maximum absolute atomic E-state index is 11.3. The first kappa shape index (κ1) is 18.6. The molecule has 0 radical (unpaired) electrons. The number of aromatic carboxylic acids is 1. The van der Waals surface area contributed by atoms with Gasteiger partial charge in [-0.1, -0.05) is 17.7 Å². The number of aromatic nitrogens is 1. The molecule has 0 aliphatic heterocycles. The van der Waals surface area contributed by atoms with Crippen LogP contribution in [0.25, 0.3) is 11.3 Å². The number of carbonyl (C=O) groups is 2. The molecule has 7 heteroatoms. The molecular weight excluding hydrogens is 364 g/mol. The molecule has 1 heterocycles. The van der Waals surface area contributed by atoms with Gasteiger partial charge in [-0.2, -0.15) is 0 Å². The van der Waals surface area contributed by atoms with Gasteiger partial charge in [0, 0.05) is 16.1 Å². The Bertz CT molecular complexity index is 1010. The summed E-state index contributed by atoms with van der Waals surface area (Å²) >= 11 is 1.28. The summed E-state index contributed by atoms with van der Waals surface area (Å²) < 4.78 is 0. The van der Waals surface area contributed by atoms with Gasteiger partial charge in [-0.25, -0.2) is 9.78 Å². The van der Waals surface area contributed by atoms with Gasteiger partial charge in [-0.15, -0.1) is 11.3 Å². The highest BCUT2D eigenvalue weighted by Gasteiger charge is 2.17. The van der Waals surface area contributed by atoms with E-state index in [4.69, 9.17) is 5.11 Å². The Balaban J connectivity index is 1.97. The molecule has 3 rings (SSSR count). The lowest BCUT2D eigenvalue weighted by Gasteiger charge is -2.06. The molecule has 1 aromatic heterocycles. The number of benzene rings is 2. The number of rotatable bonds is 6. The average molecular weight is 382 g/mol. The molecule has 0 bridgehead atoms. The lowest BCUT2D eigenvalue weighted by molar-refractivity contribution is -0.136. The topological polar surface area (TPSA) is 99.5 Å². The molecule has 138 valence electrons. The van der Waals surface area contributed by atoms with Crippen LogP contribution in [0.15, 0.2) is 42.5 Å². The minimum absolute atomic E-state index is 0.111. The van der Waals surface area contributed by atoms with Crippen molar-refractivity contribution in [3.05, 3.63) is 64.0 Å². The predicted molar refractivity (Wildman–Crippen MR) is 105 cm³/mol. The van der Waals surface area contributed by atoms with Crippen molar-refractivity contribution >= 4 is 34.1 Å². The Morgan fingerprint density at radius 2 is 1.78 bits per heavy atom. The molecule has 0 unspecified atom stereocenters. The summed E-state index contributed by atoms with van der Waals surface area (Å²) in [5, 5.41) is 21.9. The first-order valence-electron chi connectivity index (χ1n) is 8.23. The van der Waals surface area contributed by atoms with Gasteiger partial charge >= 0.3 is 11.9 Å². The number of nitrogens with zero attached hydrogens (tertiary/aromatic N) is 1. The second-order valence-electron chi connectivity index (χ2n) is 6.19. The summed E-state index contributed by atoms with van der Waals surface area (Å²) in [7, 11) is 0. The SMILES string of the molecule is Cc1ccc(C)c(-c2nc(Nc3ccc(C(=O)O)cc3)sc2CC(=O)O)c1. The van der Waals surface area contributed by atoms with Gasteiger partial charge in [0.2, 0.25) is 0 Å². The maximum atomic E-state index is 11.3. The second-order valence-corrected chi connectivity index (χ2v) is 7.27. The van der Waals surface area contributed by atoms with Gasteiger partial charge in [0.05, 0.1) is 17.7 Å². The van der Waals surface area contributed by atoms with E-state index in [0.717, 1.165) is 16.7 Å². The van der Waals surface area contributed by atoms with Crippen molar-refractivity contribution < 1.29 is 19.8 Å². The Labute approximate surface area is 160 Å². The van der Waals surface area contributed by atoms with Crippen molar-refractivity contribution in [3.63, 3.8) is 0 Å². The summed E-state index contributed by atoms with van der Waals surface area (Å²) in [5.74, 6) is -1.90. The van der Waals surface area contributed by atoms with Crippen molar-refractivity contribution in [2.24, 2.45) is 0 Å². The van der Waals surface area contributed by atoms with E-state index in [1.54, 1.807) is 12.1 Å². The van der Waals surface area contributed by atoms with E-state index >= 15 is 0 Å². The lowest BCUT2D eigenvalue weighted by atomic mass is 10.0. The Morgan fingerprint density at radius 1 is 1.07 bits per heavy atom. The smallest absolute Gasteiger partial charge is 0.335 e. The highest BCUT2D eigenvalue weighted by atomic mass is 32.1. The van der Waals surface area contributed by atoms with E-state index < -0.39 is 11.9 Å². The Kier molecular flexibility index (Phi) is 5.23. The molecule has 0 atom stereocenters. The van der Waals surface area contributed by atoms with Crippen LogP contribution >= 0.6 is 11.3 Å². The van der Waals surface area contributed by atoms with Gasteiger partial charge in [0.25, 0.3) is 0 Å². The monoisotopic (exact) mass is 382 g/mol. The molecule has 3 N–H and O–H groups in total. The number of aryl methyl sites for hydroxylation is 2. The molecule has 0 spiro atoms. The van der Waals surface area contributed by atoms with Crippen molar-refractivity contribution in [3.8, 4) is 11.3 Å². The van der Waals surface area contributed by atoms with Crippen molar-refractivity contribution in [2.75, 3.05) is 5.32 Å². The van der Waals surface area contributed by atoms with E-state index in [9.17, 15) is 14.7 Å². The van der Waals surface area contributed by atoms with Crippen molar-refractivity contribution in [2.45, 2.75) is 20.3 Å². The minimum atomic E-state index is -0.989. The highest BCUT2D eigenvalue weighted by molar-refractivity contribution is 7.16. The third-order valence-electron chi connectivity index (χ3n) is 4.04. The number of hydrogen-bond donors (Lipinski definition) is 3. The van der Waals surface area contributed by atoms with Gasteiger partial charge < -0.3 is 15.5 Å². The van der Waals surface area contributed by atoms with Crippen LogP contribution in [0.2, 0.25) is 0 Å². The number of hydrogen-bond acceptors (Lipinski definition) is 5. The molecule has 0 saturated heterocycles. The Morgan fingerprint density at radius 3 is 2.41 bits per heavy atom. The molecule has 0 saturated carbocycles. The zero-order valence-electron chi connectivity index (χ0n) is 14.8. The van der Waals surface area contributed by atoms with Gasteiger partial charge in [0.15, 0.2) is 5.13 Å². The third-order valence-corrected chi connectivity index (χ3v) is 5.01. The molecule has 3 aromatic rings. The third kappa shape index (κ3) is 4.32. The van der Waals surface area contributed by atoms with Crippen LogP contribution < -0.4 is 5.32 Å². The van der Waals surface area contributed by atoms with Gasteiger partial charge in [-0.05, 0) is 49.7 Å². The Hall–Kier alpha value is -3.19. The fraction of sp³-hybridized carbons (Fsp3) is 0.150. The van der Waals surface area contributed by atoms with Gasteiger partial charge in [-0.3, -0.25) is 4.79 Å². The summed E-state index contributed by atoms with van der Waals surface area (Å²) in [4.78, 5) is 27.5. The summed E-state index contributed by atoms with van der Waals surface area (Å²) in [6.07, 6.45) is -0.111. The van der Waals surface area contributed by atoms with Crippen LogP contribution in [-0.4, -0.2) is 27.1 Å². The van der Waals surface area contributed by atoms with Crippen molar-refractivity contribution in [1.29, 1.82) is 0 Å². The molecule has 6 nitrogen and oxygen atoms in total. The summed E-state index contributed by atoms with van der Waals surface area (Å²) in [6.45, 7) is 3.95. The quantitative estimate of drug-likeness (QED) is 0.581. The number of aliphatic carboxylic acids is 1. The van der Waals surface area contributed by atoms with Crippen molar-refractivity contribution in [1.82, 2.24) is 4.98 Å². The second kappa shape index (κ2) is 7.59. The van der Waals surface area contributed by atoms with Crippen LogP contribution in [0.3, 0.4) is 0 Å². The highest BCUT2D eigenvalue weighted by Crippen LogP contribution is 2.35. The standard InChI is InChI=1S/C20H18N2O4S/c1-11-3-4-12(2)15(9-11)18-16(10-17(23)24)27-20(22-18)21-14-7-5-13(6-8-14)19(25)26/h3-9H,10H2,1-2H3,(H,21,22)(H,23,24)(H,25,26).